The maximum absolute atomic E-state index is 14.0. The molecule has 0 saturated carbocycles. The first-order valence-electron chi connectivity index (χ1n) is 15.0. The Morgan fingerprint density at radius 3 is 2.67 bits per heavy atom. The number of hydrogen-bond donors (Lipinski definition) is 1. The number of halogens is 1. The second-order valence-electron chi connectivity index (χ2n) is 12.9. The van der Waals surface area contributed by atoms with Gasteiger partial charge in [-0.3, -0.25) is 4.98 Å². The van der Waals surface area contributed by atoms with Gasteiger partial charge in [0, 0.05) is 42.8 Å². The standard InChI is InChI=1S/C32H44FN5O3Si/c1-32(2,3)42(5,6)41-19-18-40-24-15-16-34-27(21-24)29-35-26-13-8-12-25(26)30(36-29)37(4)28-14-9-17-38(31(28)39)23-11-7-10-22(33)20-23/h7,10-11,15-16,20-21,28,31,39H,8-9,12-14,17-19H2,1-6H3/t28-,31?/m1/s1. The van der Waals surface area contributed by atoms with Crippen LogP contribution in [0.2, 0.25) is 18.1 Å². The molecule has 3 aromatic rings. The molecule has 1 fully saturated rings. The van der Waals surface area contributed by atoms with Gasteiger partial charge in [-0.15, -0.1) is 0 Å². The summed E-state index contributed by atoms with van der Waals surface area (Å²) < 4.78 is 26.3. The molecule has 8 nitrogen and oxygen atoms in total. The van der Waals surface area contributed by atoms with Gasteiger partial charge in [-0.1, -0.05) is 26.8 Å². The maximum atomic E-state index is 14.0. The van der Waals surface area contributed by atoms with Gasteiger partial charge in [-0.25, -0.2) is 14.4 Å². The largest absolute Gasteiger partial charge is 0.491 e. The van der Waals surface area contributed by atoms with E-state index in [1.54, 1.807) is 12.3 Å². The van der Waals surface area contributed by atoms with Crippen molar-refractivity contribution in [3.05, 3.63) is 59.7 Å². The van der Waals surface area contributed by atoms with E-state index in [0.717, 1.165) is 49.2 Å². The summed E-state index contributed by atoms with van der Waals surface area (Å²) in [5, 5.41) is 11.6. The van der Waals surface area contributed by atoms with Gasteiger partial charge in [0.1, 0.15) is 35.9 Å². The van der Waals surface area contributed by atoms with Crippen LogP contribution in [0.25, 0.3) is 11.5 Å². The van der Waals surface area contributed by atoms with Gasteiger partial charge in [0.2, 0.25) is 0 Å². The average Bonchev–Trinajstić information content (AvgIpc) is 3.43. The van der Waals surface area contributed by atoms with Crippen LogP contribution in [0, 0.1) is 5.82 Å². The summed E-state index contributed by atoms with van der Waals surface area (Å²) in [5.74, 6) is 1.77. The minimum atomic E-state index is -1.83. The van der Waals surface area contributed by atoms with E-state index in [1.165, 1.54) is 12.1 Å². The lowest BCUT2D eigenvalue weighted by atomic mass is 10.0. The third-order valence-electron chi connectivity index (χ3n) is 9.03. The molecule has 0 amide bonds. The zero-order valence-corrected chi connectivity index (χ0v) is 26.7. The molecule has 1 aliphatic carbocycles. The van der Waals surface area contributed by atoms with E-state index >= 15 is 0 Å². The number of rotatable bonds is 9. The molecule has 1 saturated heterocycles. The Bertz CT molecular complexity index is 1400. The third-order valence-corrected chi connectivity index (χ3v) is 13.6. The number of hydrogen-bond acceptors (Lipinski definition) is 8. The normalized spacial score (nSPS) is 19.1. The number of aliphatic hydroxyl groups is 1. The molecular weight excluding hydrogens is 549 g/mol. The number of fused-ring (bicyclic) bond motifs is 1. The number of piperidine rings is 1. The Morgan fingerprint density at radius 2 is 1.90 bits per heavy atom. The van der Waals surface area contributed by atoms with Crippen LogP contribution >= 0.6 is 0 Å². The highest BCUT2D eigenvalue weighted by atomic mass is 28.4. The van der Waals surface area contributed by atoms with Gasteiger partial charge in [0.05, 0.1) is 12.6 Å². The highest BCUT2D eigenvalue weighted by Gasteiger charge is 2.37. The van der Waals surface area contributed by atoms with Gasteiger partial charge in [-0.2, -0.15) is 0 Å². The van der Waals surface area contributed by atoms with Crippen molar-refractivity contribution in [2.45, 2.75) is 83.3 Å². The molecule has 1 N–H and O–H groups in total. The van der Waals surface area contributed by atoms with Crippen molar-refractivity contribution < 1.29 is 18.7 Å². The zero-order chi connectivity index (χ0) is 30.1. The van der Waals surface area contributed by atoms with Gasteiger partial charge < -0.3 is 24.1 Å². The SMILES string of the molecule is CN(c1nc(-c2cc(OCCO[Si](C)(C)C(C)(C)C)ccn2)nc2c1CCC2)[C@@H]1CCCN(c2cccc(F)c2)C1O. The quantitative estimate of drug-likeness (QED) is 0.239. The minimum absolute atomic E-state index is 0.151. The number of likely N-dealkylation sites (N-methyl/N-ethyl adjacent to an activating group) is 1. The van der Waals surface area contributed by atoms with E-state index in [1.807, 2.05) is 30.1 Å². The second kappa shape index (κ2) is 12.3. The molecule has 2 aromatic heterocycles. The van der Waals surface area contributed by atoms with Crippen LogP contribution in [-0.2, 0) is 17.3 Å². The lowest BCUT2D eigenvalue weighted by Crippen LogP contribution is -2.55. The number of benzene rings is 1. The molecule has 226 valence electrons. The van der Waals surface area contributed by atoms with E-state index in [-0.39, 0.29) is 16.9 Å². The Labute approximate surface area is 250 Å². The topological polar surface area (TPSA) is 83.8 Å². The highest BCUT2D eigenvalue weighted by molar-refractivity contribution is 6.74. The number of nitrogens with zero attached hydrogens (tertiary/aromatic N) is 5. The summed E-state index contributed by atoms with van der Waals surface area (Å²) in [4.78, 5) is 18.5. The number of anilines is 2. The molecule has 2 atom stereocenters. The van der Waals surface area contributed by atoms with Gasteiger partial charge in [0.25, 0.3) is 0 Å². The molecule has 42 heavy (non-hydrogen) atoms. The zero-order valence-electron chi connectivity index (χ0n) is 25.7. The molecule has 1 unspecified atom stereocenters. The van der Waals surface area contributed by atoms with E-state index in [4.69, 9.17) is 19.1 Å². The minimum Gasteiger partial charge on any atom is -0.491 e. The fraction of sp³-hybridized carbons (Fsp3) is 0.531. The molecule has 0 spiro atoms. The molecule has 1 aromatic carbocycles. The Balaban J connectivity index is 1.35. The molecule has 3 heterocycles. The molecular formula is C32H44FN5O3Si. The van der Waals surface area contributed by atoms with Crippen LogP contribution in [-0.4, -0.2) is 67.5 Å². The Kier molecular flexibility index (Phi) is 8.87. The van der Waals surface area contributed by atoms with Gasteiger partial charge in [0.15, 0.2) is 14.1 Å². The first-order valence-corrected chi connectivity index (χ1v) is 17.9. The third kappa shape index (κ3) is 6.45. The van der Waals surface area contributed by atoms with Crippen LogP contribution in [0.1, 0.15) is 51.3 Å². The maximum Gasteiger partial charge on any atom is 0.192 e. The van der Waals surface area contributed by atoms with Crippen LogP contribution in [0.5, 0.6) is 5.75 Å². The predicted octanol–water partition coefficient (Wildman–Crippen LogP) is 5.99. The van der Waals surface area contributed by atoms with Gasteiger partial charge >= 0.3 is 0 Å². The molecule has 0 radical (unpaired) electrons. The first kappa shape index (κ1) is 30.4. The lowest BCUT2D eigenvalue weighted by Gasteiger charge is -2.44. The van der Waals surface area contributed by atoms with Crippen LogP contribution in [0.15, 0.2) is 42.6 Å². The van der Waals surface area contributed by atoms with E-state index in [0.29, 0.717) is 42.7 Å². The van der Waals surface area contributed by atoms with Crippen LogP contribution in [0.4, 0.5) is 15.9 Å². The van der Waals surface area contributed by atoms with Crippen molar-refractivity contribution >= 4 is 19.8 Å². The monoisotopic (exact) mass is 593 g/mol. The molecule has 2 aliphatic rings. The summed E-state index contributed by atoms with van der Waals surface area (Å²) in [5.41, 5.74) is 3.49. The molecule has 5 rings (SSSR count). The number of pyridine rings is 1. The predicted molar refractivity (Wildman–Crippen MR) is 167 cm³/mol. The van der Waals surface area contributed by atoms with Crippen molar-refractivity contribution in [3.8, 4) is 17.3 Å². The van der Waals surface area contributed by atoms with E-state index in [2.05, 4.69) is 43.7 Å². The van der Waals surface area contributed by atoms with Crippen molar-refractivity contribution in [1.82, 2.24) is 15.0 Å². The van der Waals surface area contributed by atoms with Crippen molar-refractivity contribution in [1.29, 1.82) is 0 Å². The van der Waals surface area contributed by atoms with E-state index < -0.39 is 14.5 Å². The van der Waals surface area contributed by atoms with Crippen LogP contribution < -0.4 is 14.5 Å². The fourth-order valence-corrected chi connectivity index (χ4v) is 6.59. The summed E-state index contributed by atoms with van der Waals surface area (Å²) in [7, 11) is 0.155. The van der Waals surface area contributed by atoms with Crippen molar-refractivity contribution in [3.63, 3.8) is 0 Å². The summed E-state index contributed by atoms with van der Waals surface area (Å²) in [6, 6.07) is 9.94. The lowest BCUT2D eigenvalue weighted by molar-refractivity contribution is 0.115. The van der Waals surface area contributed by atoms with Crippen molar-refractivity contribution in [2.24, 2.45) is 0 Å². The fourth-order valence-electron chi connectivity index (χ4n) is 5.56. The highest BCUT2D eigenvalue weighted by Crippen LogP contribution is 2.37. The summed E-state index contributed by atoms with van der Waals surface area (Å²) in [6.45, 7) is 12.8. The first-order chi connectivity index (χ1) is 19.9. The summed E-state index contributed by atoms with van der Waals surface area (Å²) in [6.07, 6.45) is 5.40. The molecule has 1 aliphatic heterocycles. The van der Waals surface area contributed by atoms with E-state index in [9.17, 15) is 9.50 Å². The molecule has 0 bridgehead atoms. The van der Waals surface area contributed by atoms with Crippen molar-refractivity contribution in [2.75, 3.05) is 36.6 Å². The number of ether oxygens (including phenoxy) is 1. The summed E-state index contributed by atoms with van der Waals surface area (Å²) >= 11 is 0. The number of aromatic nitrogens is 3. The van der Waals surface area contributed by atoms with Crippen LogP contribution in [0.3, 0.4) is 0 Å². The Hall–Kier alpha value is -3.08. The second-order valence-corrected chi connectivity index (χ2v) is 17.7. The Morgan fingerprint density at radius 1 is 1.10 bits per heavy atom. The number of aliphatic hydroxyl groups excluding tert-OH is 1. The smallest absolute Gasteiger partial charge is 0.192 e. The average molecular weight is 594 g/mol. The molecule has 10 heteroatoms. The number of aryl methyl sites for hydroxylation is 1. The van der Waals surface area contributed by atoms with Gasteiger partial charge in [-0.05, 0) is 74.5 Å².